The summed E-state index contributed by atoms with van der Waals surface area (Å²) in [4.78, 5) is 15.1. The number of aliphatic carboxylic acids is 1. The summed E-state index contributed by atoms with van der Waals surface area (Å²) < 4.78 is 14.7. The number of carbonyl (C=O) groups is 1. The molecule has 0 radical (unpaired) electrons. The zero-order chi connectivity index (χ0) is 16.1. The third-order valence-electron chi connectivity index (χ3n) is 4.22. The van der Waals surface area contributed by atoms with Crippen LogP contribution < -0.4 is 0 Å². The van der Waals surface area contributed by atoms with Crippen molar-refractivity contribution < 1.29 is 14.3 Å². The second-order valence-electron chi connectivity index (χ2n) is 5.70. The molecule has 0 saturated carbocycles. The summed E-state index contributed by atoms with van der Waals surface area (Å²) in [5.74, 6) is -0.952. The smallest absolute Gasteiger partial charge is 0.317 e. The van der Waals surface area contributed by atoms with Gasteiger partial charge in [0.25, 0.3) is 0 Å². The Balaban J connectivity index is 1.89. The topological polar surface area (TPSA) is 43.8 Å². The molecule has 0 bridgehead atoms. The van der Waals surface area contributed by atoms with Crippen LogP contribution in [0, 0.1) is 5.82 Å². The van der Waals surface area contributed by atoms with Gasteiger partial charge in [0.1, 0.15) is 5.82 Å². The van der Waals surface area contributed by atoms with Crippen molar-refractivity contribution in [3.8, 4) is 0 Å². The van der Waals surface area contributed by atoms with Gasteiger partial charge in [0.15, 0.2) is 0 Å². The SMILES string of the molecule is CCN(CC(=O)O)C1CCN(Cc2cc(Br)ccc2F)CC1. The van der Waals surface area contributed by atoms with Crippen molar-refractivity contribution in [2.45, 2.75) is 32.4 Å². The van der Waals surface area contributed by atoms with E-state index in [-0.39, 0.29) is 12.4 Å². The van der Waals surface area contributed by atoms with Crippen LogP contribution in [0.15, 0.2) is 22.7 Å². The monoisotopic (exact) mass is 372 g/mol. The lowest BCUT2D eigenvalue weighted by Gasteiger charge is -2.37. The van der Waals surface area contributed by atoms with E-state index in [2.05, 4.69) is 20.8 Å². The van der Waals surface area contributed by atoms with Crippen LogP contribution in [0.25, 0.3) is 0 Å². The van der Waals surface area contributed by atoms with Crippen molar-refractivity contribution in [2.75, 3.05) is 26.2 Å². The predicted molar refractivity (Wildman–Crippen MR) is 87.3 cm³/mol. The highest BCUT2D eigenvalue weighted by Gasteiger charge is 2.25. The van der Waals surface area contributed by atoms with Crippen LogP contribution in [-0.4, -0.2) is 53.1 Å². The van der Waals surface area contributed by atoms with Crippen molar-refractivity contribution >= 4 is 21.9 Å². The van der Waals surface area contributed by atoms with Crippen molar-refractivity contribution in [3.05, 3.63) is 34.1 Å². The first-order valence-corrected chi connectivity index (χ1v) is 8.41. The Morgan fingerprint density at radius 1 is 1.45 bits per heavy atom. The zero-order valence-corrected chi connectivity index (χ0v) is 14.4. The molecule has 1 aliphatic heterocycles. The quantitative estimate of drug-likeness (QED) is 0.833. The van der Waals surface area contributed by atoms with E-state index in [1.54, 1.807) is 6.07 Å². The number of hydrogen-bond acceptors (Lipinski definition) is 3. The minimum absolute atomic E-state index is 0.0986. The summed E-state index contributed by atoms with van der Waals surface area (Å²) in [7, 11) is 0. The van der Waals surface area contributed by atoms with Crippen LogP contribution in [-0.2, 0) is 11.3 Å². The number of rotatable bonds is 6. The first-order valence-electron chi connectivity index (χ1n) is 7.61. The number of likely N-dealkylation sites (N-methyl/N-ethyl adjacent to an activating group) is 1. The molecule has 1 saturated heterocycles. The highest BCUT2D eigenvalue weighted by Crippen LogP contribution is 2.21. The van der Waals surface area contributed by atoms with Gasteiger partial charge in [-0.25, -0.2) is 4.39 Å². The van der Waals surface area contributed by atoms with Gasteiger partial charge in [0.2, 0.25) is 0 Å². The molecule has 2 rings (SSSR count). The normalized spacial score (nSPS) is 17.1. The number of piperidine rings is 1. The van der Waals surface area contributed by atoms with Crippen LogP contribution in [0.4, 0.5) is 4.39 Å². The Labute approximate surface area is 139 Å². The maximum Gasteiger partial charge on any atom is 0.317 e. The van der Waals surface area contributed by atoms with Gasteiger partial charge in [-0.1, -0.05) is 22.9 Å². The highest BCUT2D eigenvalue weighted by molar-refractivity contribution is 9.10. The lowest BCUT2D eigenvalue weighted by Crippen LogP contribution is -2.46. The average molecular weight is 373 g/mol. The number of benzene rings is 1. The Morgan fingerprint density at radius 2 is 2.14 bits per heavy atom. The van der Waals surface area contributed by atoms with E-state index in [9.17, 15) is 9.18 Å². The molecule has 1 aliphatic rings. The van der Waals surface area contributed by atoms with Gasteiger partial charge >= 0.3 is 5.97 Å². The van der Waals surface area contributed by atoms with Gasteiger partial charge < -0.3 is 5.11 Å². The van der Waals surface area contributed by atoms with Crippen LogP contribution in [0.1, 0.15) is 25.3 Å². The third-order valence-corrected chi connectivity index (χ3v) is 4.71. The van der Waals surface area contributed by atoms with Crippen LogP contribution in [0.5, 0.6) is 0 Å². The number of likely N-dealkylation sites (tertiary alicyclic amines) is 1. The van der Waals surface area contributed by atoms with E-state index in [0.29, 0.717) is 18.2 Å². The van der Waals surface area contributed by atoms with E-state index < -0.39 is 5.97 Å². The first kappa shape index (κ1) is 17.4. The molecule has 1 aromatic carbocycles. The van der Waals surface area contributed by atoms with Gasteiger partial charge in [-0.05, 0) is 50.7 Å². The van der Waals surface area contributed by atoms with Crippen LogP contribution in [0.3, 0.4) is 0 Å². The Bertz CT molecular complexity index is 519. The van der Waals surface area contributed by atoms with Crippen LogP contribution >= 0.6 is 15.9 Å². The fourth-order valence-electron chi connectivity index (χ4n) is 3.02. The fourth-order valence-corrected chi connectivity index (χ4v) is 3.43. The molecule has 1 fully saturated rings. The number of hydrogen-bond donors (Lipinski definition) is 1. The predicted octanol–water partition coefficient (Wildman–Crippen LogP) is 2.96. The first-order chi connectivity index (χ1) is 10.5. The average Bonchev–Trinajstić information content (AvgIpc) is 2.49. The molecule has 0 amide bonds. The van der Waals surface area contributed by atoms with Gasteiger partial charge in [-0.3, -0.25) is 14.6 Å². The van der Waals surface area contributed by atoms with E-state index >= 15 is 0 Å². The summed E-state index contributed by atoms with van der Waals surface area (Å²) in [5, 5.41) is 8.95. The minimum Gasteiger partial charge on any atom is -0.480 e. The maximum atomic E-state index is 13.8. The molecule has 0 aromatic heterocycles. The second-order valence-corrected chi connectivity index (χ2v) is 6.62. The van der Waals surface area contributed by atoms with Gasteiger partial charge in [-0.15, -0.1) is 0 Å². The van der Waals surface area contributed by atoms with E-state index in [0.717, 1.165) is 36.9 Å². The molecule has 122 valence electrons. The highest BCUT2D eigenvalue weighted by atomic mass is 79.9. The number of halogens is 2. The van der Waals surface area contributed by atoms with E-state index in [1.807, 2.05) is 17.9 Å². The molecule has 0 atom stereocenters. The van der Waals surface area contributed by atoms with E-state index in [1.165, 1.54) is 6.07 Å². The number of nitrogens with zero attached hydrogens (tertiary/aromatic N) is 2. The molecule has 4 nitrogen and oxygen atoms in total. The maximum absolute atomic E-state index is 13.8. The lowest BCUT2D eigenvalue weighted by atomic mass is 10.0. The van der Waals surface area contributed by atoms with Gasteiger partial charge in [0.05, 0.1) is 6.54 Å². The Kier molecular flexibility index (Phi) is 6.35. The lowest BCUT2D eigenvalue weighted by molar-refractivity contribution is -0.139. The van der Waals surface area contributed by atoms with Gasteiger partial charge in [0, 0.05) is 22.6 Å². The van der Waals surface area contributed by atoms with Crippen molar-refractivity contribution in [2.24, 2.45) is 0 Å². The van der Waals surface area contributed by atoms with Crippen molar-refractivity contribution in [3.63, 3.8) is 0 Å². The largest absolute Gasteiger partial charge is 0.480 e. The van der Waals surface area contributed by atoms with Crippen molar-refractivity contribution in [1.82, 2.24) is 9.80 Å². The summed E-state index contributed by atoms with van der Waals surface area (Å²) in [6.45, 7) is 5.17. The molecule has 0 unspecified atom stereocenters. The third kappa shape index (κ3) is 4.76. The molecule has 0 aliphatic carbocycles. The Morgan fingerprint density at radius 3 is 2.73 bits per heavy atom. The number of carboxylic acids is 1. The Hall–Kier alpha value is -0.980. The minimum atomic E-state index is -0.777. The molecule has 6 heteroatoms. The zero-order valence-electron chi connectivity index (χ0n) is 12.8. The number of carboxylic acid groups (broad SMARTS) is 1. The molecule has 1 aromatic rings. The summed E-state index contributed by atoms with van der Waals surface area (Å²) in [6.07, 6.45) is 1.85. The molecule has 22 heavy (non-hydrogen) atoms. The summed E-state index contributed by atoms with van der Waals surface area (Å²) in [6, 6.07) is 5.32. The molecule has 1 N–H and O–H groups in total. The fraction of sp³-hybridized carbons (Fsp3) is 0.562. The van der Waals surface area contributed by atoms with Crippen LogP contribution in [0.2, 0.25) is 0 Å². The summed E-state index contributed by atoms with van der Waals surface area (Å²) >= 11 is 3.37. The summed E-state index contributed by atoms with van der Waals surface area (Å²) in [5.41, 5.74) is 0.700. The molecular formula is C16H22BrFN2O2. The molecule has 0 spiro atoms. The molecule has 1 heterocycles. The standard InChI is InChI=1S/C16H22BrFN2O2/c1-2-20(11-16(21)22)14-5-7-19(8-6-14)10-12-9-13(17)3-4-15(12)18/h3-4,9,14H,2,5-8,10-11H2,1H3,(H,21,22). The van der Waals surface area contributed by atoms with Crippen molar-refractivity contribution in [1.29, 1.82) is 0 Å². The van der Waals surface area contributed by atoms with Gasteiger partial charge in [-0.2, -0.15) is 0 Å². The second kappa shape index (κ2) is 8.04. The van der Waals surface area contributed by atoms with E-state index in [4.69, 9.17) is 5.11 Å². The molecular weight excluding hydrogens is 351 g/mol.